The first kappa shape index (κ1) is 16.4. The first-order valence-corrected chi connectivity index (χ1v) is 8.38. The van der Waals surface area contributed by atoms with Crippen LogP contribution in [0.3, 0.4) is 0 Å². The molecule has 1 heterocycles. The van der Waals surface area contributed by atoms with Crippen molar-refractivity contribution in [2.24, 2.45) is 0 Å². The van der Waals surface area contributed by atoms with Crippen LogP contribution in [-0.2, 0) is 6.54 Å². The summed E-state index contributed by atoms with van der Waals surface area (Å²) in [5, 5.41) is -0.0639. The van der Waals surface area contributed by atoms with Crippen LogP contribution in [0.25, 0.3) is 10.9 Å². The zero-order chi connectivity index (χ0) is 17.4. The molecule has 7 heteroatoms. The first-order chi connectivity index (χ1) is 11.4. The molecule has 4 nitrogen and oxygen atoms in total. The Morgan fingerprint density at radius 3 is 2.50 bits per heavy atom. The second-order valence-electron chi connectivity index (χ2n) is 5.44. The molecule has 0 unspecified atom stereocenters. The van der Waals surface area contributed by atoms with Crippen LogP contribution in [0.5, 0.6) is 0 Å². The molecular weight excluding hydrogens is 334 g/mol. The third-order valence-corrected chi connectivity index (χ3v) is 4.72. The van der Waals surface area contributed by atoms with Gasteiger partial charge in [0.1, 0.15) is 0 Å². The summed E-state index contributed by atoms with van der Waals surface area (Å²) in [5.74, 6) is -2.24. The minimum atomic E-state index is -1.13. The number of rotatable bonds is 3. The van der Waals surface area contributed by atoms with E-state index in [-0.39, 0.29) is 17.4 Å². The monoisotopic (exact) mass is 348 g/mol. The predicted octanol–water partition coefficient (Wildman–Crippen LogP) is 3.05. The van der Waals surface area contributed by atoms with Crippen molar-refractivity contribution in [3.8, 4) is 0 Å². The minimum absolute atomic E-state index is 0.0194. The molecule has 1 N–H and O–H groups in total. The number of benzene rings is 2. The SMILES string of the molecule is CSc1ccc(Cn2c(=O)[nH]c3cc(F)c(F)cc3c2=O)cc1C. The lowest BCUT2D eigenvalue weighted by Gasteiger charge is -2.09. The normalized spacial score (nSPS) is 11.2. The molecule has 0 amide bonds. The van der Waals surface area contributed by atoms with Crippen LogP contribution in [0.1, 0.15) is 11.1 Å². The lowest BCUT2D eigenvalue weighted by atomic mass is 10.1. The van der Waals surface area contributed by atoms with E-state index in [9.17, 15) is 18.4 Å². The lowest BCUT2D eigenvalue weighted by Crippen LogP contribution is -2.35. The molecule has 0 aliphatic carbocycles. The van der Waals surface area contributed by atoms with Crippen molar-refractivity contribution in [3.05, 3.63) is 73.9 Å². The number of aromatic nitrogens is 2. The second kappa shape index (κ2) is 6.24. The zero-order valence-corrected chi connectivity index (χ0v) is 13.8. The van der Waals surface area contributed by atoms with Gasteiger partial charge in [-0.1, -0.05) is 12.1 Å². The highest BCUT2D eigenvalue weighted by Gasteiger charge is 2.12. The quantitative estimate of drug-likeness (QED) is 0.740. The summed E-state index contributed by atoms with van der Waals surface area (Å²) < 4.78 is 27.7. The van der Waals surface area contributed by atoms with Gasteiger partial charge in [-0.15, -0.1) is 11.8 Å². The molecule has 3 rings (SSSR count). The molecular formula is C17H14F2N2O2S. The average molecular weight is 348 g/mol. The highest BCUT2D eigenvalue weighted by atomic mass is 32.2. The number of nitrogens with one attached hydrogen (secondary N) is 1. The topological polar surface area (TPSA) is 54.9 Å². The van der Waals surface area contributed by atoms with E-state index in [1.54, 1.807) is 11.8 Å². The van der Waals surface area contributed by atoms with Gasteiger partial charge in [0.05, 0.1) is 17.4 Å². The smallest absolute Gasteiger partial charge is 0.307 e. The van der Waals surface area contributed by atoms with Crippen molar-refractivity contribution < 1.29 is 8.78 Å². The standard InChI is InChI=1S/C17H14F2N2O2S/c1-9-5-10(3-4-15(9)24-2)8-21-16(22)11-6-12(18)13(19)7-14(11)20-17(21)23/h3-7H,8H2,1-2H3,(H,20,23). The number of halogens is 2. The number of hydrogen-bond acceptors (Lipinski definition) is 3. The van der Waals surface area contributed by atoms with Crippen LogP contribution in [0.2, 0.25) is 0 Å². The van der Waals surface area contributed by atoms with E-state index in [4.69, 9.17) is 0 Å². The Bertz CT molecular complexity index is 1060. The minimum Gasteiger partial charge on any atom is -0.307 e. The Labute approximate surface area is 140 Å². The van der Waals surface area contributed by atoms with E-state index in [0.29, 0.717) is 0 Å². The number of fused-ring (bicyclic) bond motifs is 1. The number of H-pyrrole nitrogens is 1. The summed E-state index contributed by atoms with van der Waals surface area (Å²) in [6.45, 7) is 2.00. The molecule has 124 valence electrons. The summed E-state index contributed by atoms with van der Waals surface area (Å²) >= 11 is 1.61. The molecule has 0 saturated carbocycles. The van der Waals surface area contributed by atoms with Gasteiger partial charge in [-0.25, -0.2) is 13.6 Å². The van der Waals surface area contributed by atoms with Crippen LogP contribution < -0.4 is 11.2 Å². The van der Waals surface area contributed by atoms with Crippen molar-refractivity contribution in [1.29, 1.82) is 0 Å². The van der Waals surface area contributed by atoms with Gasteiger partial charge in [0, 0.05) is 11.0 Å². The predicted molar refractivity (Wildman–Crippen MR) is 90.8 cm³/mol. The maximum atomic E-state index is 13.4. The summed E-state index contributed by atoms with van der Waals surface area (Å²) in [6.07, 6.45) is 1.97. The maximum absolute atomic E-state index is 13.4. The molecule has 0 radical (unpaired) electrons. The molecule has 2 aromatic carbocycles. The largest absolute Gasteiger partial charge is 0.329 e. The number of thioether (sulfide) groups is 1. The van der Waals surface area contributed by atoms with Gasteiger partial charge < -0.3 is 4.98 Å². The van der Waals surface area contributed by atoms with E-state index >= 15 is 0 Å². The van der Waals surface area contributed by atoms with Crippen molar-refractivity contribution >= 4 is 22.7 Å². The average Bonchev–Trinajstić information content (AvgIpc) is 2.54. The van der Waals surface area contributed by atoms with E-state index in [2.05, 4.69) is 4.98 Å². The molecule has 24 heavy (non-hydrogen) atoms. The van der Waals surface area contributed by atoms with Gasteiger partial charge in [-0.2, -0.15) is 0 Å². The first-order valence-electron chi connectivity index (χ1n) is 7.16. The number of nitrogens with zero attached hydrogens (tertiary/aromatic N) is 1. The van der Waals surface area contributed by atoms with E-state index in [1.165, 1.54) is 0 Å². The van der Waals surface area contributed by atoms with Crippen LogP contribution >= 0.6 is 11.8 Å². The van der Waals surface area contributed by atoms with Gasteiger partial charge in [-0.3, -0.25) is 9.36 Å². The number of hydrogen-bond donors (Lipinski definition) is 1. The van der Waals surface area contributed by atoms with Crippen LogP contribution in [0, 0.1) is 18.6 Å². The van der Waals surface area contributed by atoms with Gasteiger partial charge >= 0.3 is 5.69 Å². The van der Waals surface area contributed by atoms with Gasteiger partial charge in [0.15, 0.2) is 11.6 Å². The third kappa shape index (κ3) is 2.87. The lowest BCUT2D eigenvalue weighted by molar-refractivity contribution is 0.510. The van der Waals surface area contributed by atoms with E-state index in [1.807, 2.05) is 31.4 Å². The molecule has 3 aromatic rings. The summed E-state index contributed by atoms with van der Waals surface area (Å²) in [5.41, 5.74) is 0.483. The molecule has 0 fully saturated rings. The number of aryl methyl sites for hydroxylation is 1. The summed E-state index contributed by atoms with van der Waals surface area (Å²) in [6, 6.07) is 7.27. The zero-order valence-electron chi connectivity index (χ0n) is 13.0. The summed E-state index contributed by atoms with van der Waals surface area (Å²) in [7, 11) is 0. The van der Waals surface area contributed by atoms with Crippen molar-refractivity contribution in [2.75, 3.05) is 6.26 Å². The Morgan fingerprint density at radius 1 is 1.12 bits per heavy atom. The molecule has 0 bridgehead atoms. The summed E-state index contributed by atoms with van der Waals surface area (Å²) in [4.78, 5) is 28.2. The molecule has 0 aliphatic heterocycles. The molecule has 0 atom stereocenters. The Kier molecular flexibility index (Phi) is 4.28. The Balaban J connectivity index is 2.13. The highest BCUT2D eigenvalue weighted by Crippen LogP contribution is 2.21. The van der Waals surface area contributed by atoms with Crippen LogP contribution in [-0.4, -0.2) is 15.8 Å². The van der Waals surface area contributed by atoms with Gasteiger partial charge in [-0.05, 0) is 36.4 Å². The van der Waals surface area contributed by atoms with E-state index < -0.39 is 22.9 Å². The van der Waals surface area contributed by atoms with Gasteiger partial charge in [0.2, 0.25) is 0 Å². The molecule has 0 aliphatic rings. The van der Waals surface area contributed by atoms with Crippen LogP contribution in [0.4, 0.5) is 8.78 Å². The Hall–Kier alpha value is -2.41. The fourth-order valence-electron chi connectivity index (χ4n) is 2.61. The number of aromatic amines is 1. The van der Waals surface area contributed by atoms with Crippen molar-refractivity contribution in [1.82, 2.24) is 9.55 Å². The third-order valence-electron chi connectivity index (χ3n) is 3.82. The fourth-order valence-corrected chi connectivity index (χ4v) is 3.20. The molecule has 0 saturated heterocycles. The van der Waals surface area contributed by atoms with Gasteiger partial charge in [0.25, 0.3) is 5.56 Å². The van der Waals surface area contributed by atoms with Crippen LogP contribution in [0.15, 0.2) is 44.8 Å². The molecule has 0 spiro atoms. The van der Waals surface area contributed by atoms with E-state index in [0.717, 1.165) is 32.7 Å². The van der Waals surface area contributed by atoms with Crippen molar-refractivity contribution in [3.63, 3.8) is 0 Å². The second-order valence-corrected chi connectivity index (χ2v) is 6.29. The Morgan fingerprint density at radius 2 is 1.83 bits per heavy atom. The maximum Gasteiger partial charge on any atom is 0.329 e. The van der Waals surface area contributed by atoms with Crippen molar-refractivity contribution in [2.45, 2.75) is 18.4 Å². The fraction of sp³-hybridized carbons (Fsp3) is 0.176. The highest BCUT2D eigenvalue weighted by molar-refractivity contribution is 7.98. The molecule has 1 aromatic heterocycles.